The lowest BCUT2D eigenvalue weighted by molar-refractivity contribution is -0.493. The molecule has 0 aliphatic carbocycles. The van der Waals surface area contributed by atoms with Crippen molar-refractivity contribution in [1.82, 2.24) is 0 Å². The normalized spacial score (nSPS) is 18.2. The molecule has 0 bridgehead atoms. The van der Waals surface area contributed by atoms with E-state index in [1.807, 2.05) is 0 Å². The van der Waals surface area contributed by atoms with Gasteiger partial charge in [-0.3, -0.25) is 4.90 Å². The maximum Gasteiger partial charge on any atom is 0.418 e. The number of halogens is 6. The highest BCUT2D eigenvalue weighted by atomic mass is 19.4. The summed E-state index contributed by atoms with van der Waals surface area (Å²) in [6.07, 6.45) is -9.97. The van der Waals surface area contributed by atoms with Crippen molar-refractivity contribution in [3.63, 3.8) is 0 Å². The van der Waals surface area contributed by atoms with E-state index >= 15 is 0 Å². The molecule has 0 aromatic heterocycles. The van der Waals surface area contributed by atoms with Crippen molar-refractivity contribution in [2.75, 3.05) is 11.4 Å². The number of hydroxylamine groups is 1. The summed E-state index contributed by atoms with van der Waals surface area (Å²) in [5.41, 5.74) is -2.83. The van der Waals surface area contributed by atoms with Crippen LogP contribution in [0, 0.1) is 5.21 Å². The first-order chi connectivity index (χ1) is 12.1. The molecule has 1 aliphatic heterocycles. The molecule has 2 aromatic rings. The minimum Gasteiger partial charge on any atom is -0.622 e. The number of rotatable bonds is 2. The fraction of sp³-hybridized carbons (Fsp3) is 0.235. The molecule has 3 rings (SSSR count). The predicted octanol–water partition coefficient (Wildman–Crippen LogP) is 4.82. The second-order valence-electron chi connectivity index (χ2n) is 5.67. The van der Waals surface area contributed by atoms with E-state index in [4.69, 9.17) is 0 Å². The first-order valence-electron chi connectivity index (χ1n) is 7.48. The Balaban J connectivity index is 2.14. The summed E-state index contributed by atoms with van der Waals surface area (Å²) in [6, 6.07) is 8.86. The monoisotopic (exact) mass is 374 g/mol. The molecule has 0 fully saturated rings. The molecule has 0 radical (unpaired) electrons. The number of hydrogen-bond acceptors (Lipinski definition) is 2. The Bertz CT molecular complexity index is 844. The Kier molecular flexibility index (Phi) is 4.33. The molecule has 138 valence electrons. The largest absolute Gasteiger partial charge is 0.622 e. The zero-order chi connectivity index (χ0) is 19.1. The Morgan fingerprint density at radius 2 is 1.38 bits per heavy atom. The van der Waals surface area contributed by atoms with Gasteiger partial charge in [0.25, 0.3) is 6.17 Å². The summed E-state index contributed by atoms with van der Waals surface area (Å²) in [6.45, 7) is -0.243. The third kappa shape index (κ3) is 3.21. The number of alkyl halides is 6. The highest BCUT2D eigenvalue weighted by Crippen LogP contribution is 2.42. The zero-order valence-electron chi connectivity index (χ0n) is 13.1. The van der Waals surface area contributed by atoms with E-state index < -0.39 is 35.2 Å². The van der Waals surface area contributed by atoms with Gasteiger partial charge in [-0.05, 0) is 24.3 Å². The van der Waals surface area contributed by atoms with Gasteiger partial charge in [-0.2, -0.15) is 31.1 Å². The smallest absolute Gasteiger partial charge is 0.418 e. The molecular weight excluding hydrogens is 362 g/mol. The fourth-order valence-electron chi connectivity index (χ4n) is 2.98. The average Bonchev–Trinajstić information content (AvgIpc) is 2.94. The molecule has 26 heavy (non-hydrogen) atoms. The maximum atomic E-state index is 13.3. The van der Waals surface area contributed by atoms with Crippen molar-refractivity contribution < 1.29 is 31.1 Å². The molecule has 1 aliphatic rings. The van der Waals surface area contributed by atoms with Crippen molar-refractivity contribution in [3.05, 3.63) is 70.4 Å². The van der Waals surface area contributed by atoms with Crippen molar-refractivity contribution in [2.24, 2.45) is 0 Å². The van der Waals surface area contributed by atoms with Gasteiger partial charge >= 0.3 is 12.4 Å². The summed E-state index contributed by atoms with van der Waals surface area (Å²) >= 11 is 0. The van der Waals surface area contributed by atoms with Gasteiger partial charge in [-0.1, -0.05) is 24.3 Å². The summed E-state index contributed by atoms with van der Waals surface area (Å²) in [5.74, 6) is 0. The zero-order valence-corrected chi connectivity index (χ0v) is 13.1. The van der Waals surface area contributed by atoms with Crippen molar-refractivity contribution in [2.45, 2.75) is 18.5 Å². The van der Waals surface area contributed by atoms with E-state index in [0.717, 1.165) is 41.4 Å². The average molecular weight is 374 g/mol. The highest BCUT2D eigenvalue weighted by molar-refractivity contribution is 5.68. The molecular formula is C17H12F6N2O. The molecule has 0 saturated carbocycles. The first-order valence-corrected chi connectivity index (χ1v) is 7.48. The first kappa shape index (κ1) is 18.1. The summed E-state index contributed by atoms with van der Waals surface area (Å²) in [4.78, 5) is 1.01. The molecule has 0 spiro atoms. The lowest BCUT2D eigenvalue weighted by Gasteiger charge is -2.28. The van der Waals surface area contributed by atoms with E-state index in [-0.39, 0.29) is 17.0 Å². The molecule has 0 amide bonds. The predicted molar refractivity (Wildman–Crippen MR) is 82.7 cm³/mol. The molecule has 3 nitrogen and oxygen atoms in total. The van der Waals surface area contributed by atoms with Crippen molar-refractivity contribution in [1.29, 1.82) is 0 Å². The molecule has 0 saturated heterocycles. The van der Waals surface area contributed by atoms with Gasteiger partial charge in [0.2, 0.25) is 0 Å². The fourth-order valence-corrected chi connectivity index (χ4v) is 2.98. The minimum absolute atomic E-state index is 0.243. The van der Waals surface area contributed by atoms with Crippen LogP contribution in [0.5, 0.6) is 0 Å². The van der Waals surface area contributed by atoms with Crippen molar-refractivity contribution in [3.8, 4) is 0 Å². The lowest BCUT2D eigenvalue weighted by atomic mass is 10.0. The molecule has 1 atom stereocenters. The van der Waals surface area contributed by atoms with Gasteiger partial charge in [0, 0.05) is 0 Å². The minimum atomic E-state index is -4.74. The Hall–Kier alpha value is -2.71. The Morgan fingerprint density at radius 1 is 0.846 bits per heavy atom. The van der Waals surface area contributed by atoms with E-state index in [9.17, 15) is 31.5 Å². The second-order valence-corrected chi connectivity index (χ2v) is 5.67. The second kappa shape index (κ2) is 6.22. The van der Waals surface area contributed by atoms with Gasteiger partial charge in [0.1, 0.15) is 6.54 Å². The van der Waals surface area contributed by atoms with Gasteiger partial charge < -0.3 is 5.21 Å². The topological polar surface area (TPSA) is 29.3 Å². The standard InChI is InChI=1S/C17H12F6N2O/c18-16(19,20)12-6-2-1-5-11(12)15-24(9-10-25(15)26)14-8-4-3-7-13(14)17(21,22)23/h1-8,10,15H,9H2. The SMILES string of the molecule is [O-][N+]1=CCN(c2ccccc2C(F)(F)F)C1c1ccccc1C(F)(F)F. The van der Waals surface area contributed by atoms with Crippen LogP contribution < -0.4 is 4.90 Å². The van der Waals surface area contributed by atoms with Gasteiger partial charge in [0.05, 0.1) is 22.4 Å². The maximum absolute atomic E-state index is 13.3. The molecule has 0 N–H and O–H groups in total. The van der Waals surface area contributed by atoms with Crippen LogP contribution in [-0.4, -0.2) is 17.5 Å². The van der Waals surface area contributed by atoms with Crippen LogP contribution in [0.25, 0.3) is 0 Å². The quantitative estimate of drug-likeness (QED) is 0.428. The highest BCUT2D eigenvalue weighted by Gasteiger charge is 2.44. The Morgan fingerprint density at radius 3 is 2.00 bits per heavy atom. The van der Waals surface area contributed by atoms with Gasteiger partial charge in [0.15, 0.2) is 6.21 Å². The van der Waals surface area contributed by atoms with Crippen LogP contribution in [0.1, 0.15) is 22.9 Å². The van der Waals surface area contributed by atoms with Crippen molar-refractivity contribution >= 4 is 11.9 Å². The number of para-hydroxylation sites is 1. The number of benzene rings is 2. The molecule has 1 unspecified atom stereocenters. The van der Waals surface area contributed by atoms with E-state index in [0.29, 0.717) is 0 Å². The summed E-state index contributed by atoms with van der Waals surface area (Å²) in [5, 5.41) is 12.2. The van der Waals surface area contributed by atoms with Crippen LogP contribution in [0.2, 0.25) is 0 Å². The van der Waals surface area contributed by atoms with E-state index in [1.165, 1.54) is 18.2 Å². The van der Waals surface area contributed by atoms with E-state index in [2.05, 4.69) is 0 Å². The van der Waals surface area contributed by atoms with Crippen LogP contribution in [0.3, 0.4) is 0 Å². The van der Waals surface area contributed by atoms with E-state index in [1.54, 1.807) is 0 Å². The van der Waals surface area contributed by atoms with Gasteiger partial charge in [-0.15, -0.1) is 0 Å². The van der Waals surface area contributed by atoms with Gasteiger partial charge in [-0.25, -0.2) is 0 Å². The summed E-state index contributed by atoms with van der Waals surface area (Å²) in [7, 11) is 0. The molecule has 2 aromatic carbocycles. The molecule has 1 heterocycles. The Labute approximate surface area is 144 Å². The number of hydrogen-bond donors (Lipinski definition) is 0. The van der Waals surface area contributed by atoms with Crippen LogP contribution in [0.15, 0.2) is 48.5 Å². The molecule has 9 heteroatoms. The third-order valence-electron chi connectivity index (χ3n) is 4.06. The number of nitrogens with zero attached hydrogens (tertiary/aromatic N) is 2. The summed E-state index contributed by atoms with van der Waals surface area (Å²) < 4.78 is 80.0. The number of anilines is 1. The van der Waals surface area contributed by atoms with Crippen LogP contribution in [-0.2, 0) is 12.4 Å². The van der Waals surface area contributed by atoms with Crippen LogP contribution >= 0.6 is 0 Å². The third-order valence-corrected chi connectivity index (χ3v) is 4.06. The van der Waals surface area contributed by atoms with Crippen LogP contribution in [0.4, 0.5) is 32.0 Å². The lowest BCUT2D eigenvalue weighted by Crippen LogP contribution is -2.31.